The van der Waals surface area contributed by atoms with Crippen LogP contribution in [0.5, 0.6) is 0 Å². The molecule has 0 N–H and O–H groups in total. The van der Waals surface area contributed by atoms with Crippen LogP contribution in [0.25, 0.3) is 0 Å². The summed E-state index contributed by atoms with van der Waals surface area (Å²) in [6, 6.07) is 0. The lowest BCUT2D eigenvalue weighted by Gasteiger charge is -2.17. The smallest absolute Gasteiger partial charge is 0.305 e. The molecule has 48 heavy (non-hydrogen) atoms. The molecule has 0 aliphatic rings. The fourth-order valence-corrected chi connectivity index (χ4v) is 7.13. The number of unbranched alkanes of at least 4 members (excludes halogenated alkanes) is 31. The average Bonchev–Trinajstić information content (AvgIpc) is 3.09. The maximum atomic E-state index is 12.6. The molecule has 2 nitrogen and oxygen atoms in total. The van der Waals surface area contributed by atoms with Crippen molar-refractivity contribution in [2.24, 2.45) is 5.92 Å². The van der Waals surface area contributed by atoms with Gasteiger partial charge in [0, 0.05) is 6.42 Å². The second-order valence-corrected chi connectivity index (χ2v) is 15.5. The number of carbonyl (C=O) groups is 1. The molecule has 1 unspecified atom stereocenters. The molecule has 0 aromatic carbocycles. The van der Waals surface area contributed by atoms with Crippen LogP contribution in [0.4, 0.5) is 0 Å². The molecular formula is C46H90O2. The summed E-state index contributed by atoms with van der Waals surface area (Å²) >= 11 is 0. The number of allylic oxidation sites excluding steroid dienone is 2. The third-order valence-corrected chi connectivity index (χ3v) is 10.6. The molecule has 0 amide bonds. The molecule has 0 rings (SSSR count). The van der Waals surface area contributed by atoms with Crippen LogP contribution in [0.2, 0.25) is 0 Å². The van der Waals surface area contributed by atoms with Gasteiger partial charge in [0.1, 0.15) is 0 Å². The van der Waals surface area contributed by atoms with E-state index in [2.05, 4.69) is 32.9 Å². The largest absolute Gasteiger partial charge is 0.465 e. The number of hydrogen-bond donors (Lipinski definition) is 0. The van der Waals surface area contributed by atoms with E-state index < -0.39 is 0 Å². The minimum atomic E-state index is 0.0505. The standard InChI is InChI=1S/C46H90O2/c1-4-7-10-13-16-19-21-23-25-27-29-31-34-37-40-43-46(47)48-44-45(41-38-35-32-18-15-12-9-6-3)42-39-36-33-30-28-26-24-22-20-17-14-11-8-5-2/h23,25,45H,4-22,24,26-44H2,1-3H3/b25-23-. The van der Waals surface area contributed by atoms with E-state index in [0.717, 1.165) is 12.8 Å². The molecule has 0 aliphatic carbocycles. The first-order chi connectivity index (χ1) is 23.7. The molecule has 286 valence electrons. The Labute approximate surface area is 304 Å². The average molecular weight is 675 g/mol. The van der Waals surface area contributed by atoms with Gasteiger partial charge in [0.2, 0.25) is 0 Å². The third kappa shape index (κ3) is 39.6. The highest BCUT2D eigenvalue weighted by Gasteiger charge is 2.12. The predicted octanol–water partition coefficient (Wildman–Crippen LogP) is 16.6. The summed E-state index contributed by atoms with van der Waals surface area (Å²) in [6.45, 7) is 7.55. The number of ether oxygens (including phenoxy) is 1. The van der Waals surface area contributed by atoms with E-state index in [1.165, 1.54) is 225 Å². The highest BCUT2D eigenvalue weighted by atomic mass is 16.5. The van der Waals surface area contributed by atoms with E-state index in [-0.39, 0.29) is 5.97 Å². The van der Waals surface area contributed by atoms with Crippen LogP contribution in [0.1, 0.15) is 265 Å². The normalized spacial score (nSPS) is 12.3. The summed E-state index contributed by atoms with van der Waals surface area (Å²) in [4.78, 5) is 12.6. The quantitative estimate of drug-likeness (QED) is 0.0366. The molecule has 0 saturated heterocycles. The van der Waals surface area contributed by atoms with Gasteiger partial charge in [-0.05, 0) is 50.9 Å². The predicted molar refractivity (Wildman–Crippen MR) is 216 cm³/mol. The molecule has 0 fully saturated rings. The highest BCUT2D eigenvalue weighted by Crippen LogP contribution is 2.21. The van der Waals surface area contributed by atoms with Crippen LogP contribution in [-0.4, -0.2) is 12.6 Å². The highest BCUT2D eigenvalue weighted by molar-refractivity contribution is 5.69. The Morgan fingerprint density at radius 2 is 0.688 bits per heavy atom. The van der Waals surface area contributed by atoms with Crippen molar-refractivity contribution in [1.29, 1.82) is 0 Å². The Morgan fingerprint density at radius 1 is 0.396 bits per heavy atom. The lowest BCUT2D eigenvalue weighted by molar-refractivity contribution is -0.145. The zero-order chi connectivity index (χ0) is 34.9. The van der Waals surface area contributed by atoms with Crippen molar-refractivity contribution in [3.05, 3.63) is 12.2 Å². The Bertz CT molecular complexity index is 626. The van der Waals surface area contributed by atoms with Gasteiger partial charge in [-0.3, -0.25) is 4.79 Å². The lowest BCUT2D eigenvalue weighted by atomic mass is 9.94. The monoisotopic (exact) mass is 675 g/mol. The molecule has 0 spiro atoms. The van der Waals surface area contributed by atoms with E-state index in [0.29, 0.717) is 18.9 Å². The number of esters is 1. The van der Waals surface area contributed by atoms with Crippen molar-refractivity contribution < 1.29 is 9.53 Å². The molecule has 0 saturated carbocycles. The minimum absolute atomic E-state index is 0.0505. The van der Waals surface area contributed by atoms with Gasteiger partial charge in [0.05, 0.1) is 6.61 Å². The Kier molecular flexibility index (Phi) is 41.7. The van der Waals surface area contributed by atoms with Gasteiger partial charge in [-0.1, -0.05) is 226 Å². The van der Waals surface area contributed by atoms with Gasteiger partial charge in [-0.2, -0.15) is 0 Å². The summed E-state index contributed by atoms with van der Waals surface area (Å²) in [7, 11) is 0. The van der Waals surface area contributed by atoms with E-state index in [4.69, 9.17) is 4.74 Å². The first-order valence-electron chi connectivity index (χ1n) is 22.5. The first kappa shape index (κ1) is 47.2. The van der Waals surface area contributed by atoms with Gasteiger partial charge in [-0.25, -0.2) is 0 Å². The summed E-state index contributed by atoms with van der Waals surface area (Å²) in [5, 5.41) is 0. The zero-order valence-electron chi connectivity index (χ0n) is 33.6. The minimum Gasteiger partial charge on any atom is -0.465 e. The van der Waals surface area contributed by atoms with Crippen molar-refractivity contribution in [3.63, 3.8) is 0 Å². The Hall–Kier alpha value is -0.790. The lowest BCUT2D eigenvalue weighted by Crippen LogP contribution is -2.14. The molecule has 2 heteroatoms. The van der Waals surface area contributed by atoms with Gasteiger partial charge in [-0.15, -0.1) is 0 Å². The Balaban J connectivity index is 3.97. The second kappa shape index (κ2) is 42.4. The van der Waals surface area contributed by atoms with E-state index in [9.17, 15) is 4.79 Å². The molecule has 0 bridgehead atoms. The van der Waals surface area contributed by atoms with Crippen molar-refractivity contribution in [1.82, 2.24) is 0 Å². The van der Waals surface area contributed by atoms with Crippen molar-refractivity contribution in [2.75, 3.05) is 6.61 Å². The summed E-state index contributed by atoms with van der Waals surface area (Å²) in [5.41, 5.74) is 0. The van der Waals surface area contributed by atoms with Crippen LogP contribution >= 0.6 is 0 Å². The topological polar surface area (TPSA) is 26.3 Å². The van der Waals surface area contributed by atoms with Crippen LogP contribution in [-0.2, 0) is 9.53 Å². The molecule has 1 atom stereocenters. The molecule has 0 aliphatic heterocycles. The summed E-state index contributed by atoms with van der Waals surface area (Å²) < 4.78 is 5.87. The van der Waals surface area contributed by atoms with Crippen LogP contribution in [0.3, 0.4) is 0 Å². The SMILES string of the molecule is CCCCCCCC/C=C\CCCCCCCC(=O)OCC(CCCCCCCCCC)CCCCCCCCCCCCCCCC. The van der Waals surface area contributed by atoms with Gasteiger partial charge in [0.15, 0.2) is 0 Å². The van der Waals surface area contributed by atoms with Gasteiger partial charge in [0.25, 0.3) is 0 Å². The summed E-state index contributed by atoms with van der Waals surface area (Å²) in [6.07, 6.45) is 55.4. The fourth-order valence-electron chi connectivity index (χ4n) is 7.13. The molecule has 0 aromatic heterocycles. The number of carbonyl (C=O) groups excluding carboxylic acids is 1. The Morgan fingerprint density at radius 3 is 1.04 bits per heavy atom. The maximum absolute atomic E-state index is 12.6. The number of rotatable bonds is 41. The fraction of sp³-hybridized carbons (Fsp3) is 0.935. The molecule has 0 heterocycles. The molecule has 0 aromatic rings. The van der Waals surface area contributed by atoms with Crippen LogP contribution in [0.15, 0.2) is 12.2 Å². The second-order valence-electron chi connectivity index (χ2n) is 15.5. The van der Waals surface area contributed by atoms with Gasteiger partial charge >= 0.3 is 5.97 Å². The van der Waals surface area contributed by atoms with E-state index >= 15 is 0 Å². The van der Waals surface area contributed by atoms with E-state index in [1.54, 1.807) is 0 Å². The van der Waals surface area contributed by atoms with Crippen LogP contribution in [0, 0.1) is 5.92 Å². The van der Waals surface area contributed by atoms with Crippen LogP contribution < -0.4 is 0 Å². The molecule has 0 radical (unpaired) electrons. The third-order valence-electron chi connectivity index (χ3n) is 10.6. The van der Waals surface area contributed by atoms with Crippen molar-refractivity contribution in [2.45, 2.75) is 265 Å². The first-order valence-corrected chi connectivity index (χ1v) is 22.5. The van der Waals surface area contributed by atoms with Crippen molar-refractivity contribution in [3.8, 4) is 0 Å². The zero-order valence-corrected chi connectivity index (χ0v) is 33.6. The maximum Gasteiger partial charge on any atom is 0.305 e. The van der Waals surface area contributed by atoms with E-state index in [1.807, 2.05) is 0 Å². The molecular weight excluding hydrogens is 585 g/mol. The van der Waals surface area contributed by atoms with Gasteiger partial charge < -0.3 is 4.74 Å². The summed E-state index contributed by atoms with van der Waals surface area (Å²) in [5.74, 6) is 0.620. The van der Waals surface area contributed by atoms with Crippen molar-refractivity contribution >= 4 is 5.97 Å². The number of hydrogen-bond acceptors (Lipinski definition) is 2.